The Kier molecular flexibility index (Phi) is 8.25. The molecule has 0 unspecified atom stereocenters. The number of aliphatic imine (C=N–C) groups is 1. The van der Waals surface area contributed by atoms with Gasteiger partial charge in [-0.05, 0) is 72.8 Å². The highest BCUT2D eigenvalue weighted by molar-refractivity contribution is 8.18. The molecule has 1 amide bonds. The van der Waals surface area contributed by atoms with Gasteiger partial charge in [-0.3, -0.25) is 9.69 Å². The number of ether oxygens (including phenoxy) is 3. The Bertz CT molecular complexity index is 1370. The van der Waals surface area contributed by atoms with Gasteiger partial charge >= 0.3 is 5.97 Å². The number of hydrogen-bond donors (Lipinski definition) is 0. The van der Waals surface area contributed by atoms with Gasteiger partial charge in [0.05, 0.1) is 29.9 Å². The summed E-state index contributed by atoms with van der Waals surface area (Å²) in [5, 5.41) is 0.511. The van der Waals surface area contributed by atoms with E-state index >= 15 is 0 Å². The van der Waals surface area contributed by atoms with Crippen molar-refractivity contribution < 1.29 is 28.2 Å². The van der Waals surface area contributed by atoms with Crippen molar-refractivity contribution in [3.8, 4) is 11.5 Å². The van der Waals surface area contributed by atoms with E-state index in [1.165, 1.54) is 29.8 Å². The Labute approximate surface area is 218 Å². The maximum Gasteiger partial charge on any atom is 0.338 e. The van der Waals surface area contributed by atoms with Crippen LogP contribution in [0.1, 0.15) is 28.4 Å². The molecule has 190 valence electrons. The van der Waals surface area contributed by atoms with E-state index in [0.717, 1.165) is 5.56 Å². The lowest BCUT2D eigenvalue weighted by Crippen LogP contribution is -2.23. The molecule has 0 spiro atoms. The average Bonchev–Trinajstić information content (AvgIpc) is 3.16. The Hall–Kier alpha value is -4.11. The molecule has 1 aliphatic heterocycles. The van der Waals surface area contributed by atoms with Crippen molar-refractivity contribution in [1.82, 2.24) is 4.90 Å². The number of halogens is 1. The van der Waals surface area contributed by atoms with Crippen LogP contribution in [0.4, 0.5) is 10.1 Å². The average molecular weight is 521 g/mol. The summed E-state index contributed by atoms with van der Waals surface area (Å²) < 4.78 is 30.1. The van der Waals surface area contributed by atoms with Crippen molar-refractivity contribution in [3.05, 3.63) is 94.1 Å². The second-order valence-electron chi connectivity index (χ2n) is 7.93. The number of benzene rings is 3. The molecule has 0 radical (unpaired) electrons. The minimum Gasteiger partial charge on any atom is -0.493 e. The van der Waals surface area contributed by atoms with Gasteiger partial charge in [-0.25, -0.2) is 14.2 Å². The van der Waals surface area contributed by atoms with Crippen molar-refractivity contribution in [1.29, 1.82) is 0 Å². The lowest BCUT2D eigenvalue weighted by atomic mass is 10.1. The number of likely N-dealkylation sites (N-methyl/N-ethyl adjacent to an activating group) is 1. The molecule has 1 heterocycles. The van der Waals surface area contributed by atoms with E-state index in [4.69, 9.17) is 14.2 Å². The van der Waals surface area contributed by atoms with Crippen molar-refractivity contribution >= 4 is 40.6 Å². The summed E-state index contributed by atoms with van der Waals surface area (Å²) in [4.78, 5) is 31.2. The third-order valence-corrected chi connectivity index (χ3v) is 6.49. The molecule has 1 fully saturated rings. The summed E-state index contributed by atoms with van der Waals surface area (Å²) in [5.74, 6) is 0.00408. The summed E-state index contributed by atoms with van der Waals surface area (Å²) in [7, 11) is 3.17. The van der Waals surface area contributed by atoms with Gasteiger partial charge in [0.15, 0.2) is 16.7 Å². The number of nitrogens with zero attached hydrogens (tertiary/aromatic N) is 2. The van der Waals surface area contributed by atoms with Crippen molar-refractivity contribution in [2.75, 3.05) is 20.8 Å². The zero-order chi connectivity index (χ0) is 26.4. The van der Waals surface area contributed by atoms with Crippen LogP contribution in [-0.2, 0) is 16.1 Å². The summed E-state index contributed by atoms with van der Waals surface area (Å²) in [5.41, 5.74) is 2.22. The smallest absolute Gasteiger partial charge is 0.338 e. The predicted molar refractivity (Wildman–Crippen MR) is 142 cm³/mol. The fourth-order valence-corrected chi connectivity index (χ4v) is 4.45. The molecule has 3 aromatic rings. The normalized spacial score (nSPS) is 15.4. The zero-order valence-corrected chi connectivity index (χ0v) is 21.4. The number of carbonyl (C=O) groups excluding carboxylic acids is 2. The van der Waals surface area contributed by atoms with Gasteiger partial charge < -0.3 is 14.2 Å². The van der Waals surface area contributed by atoms with Gasteiger partial charge in [0.2, 0.25) is 0 Å². The van der Waals surface area contributed by atoms with Gasteiger partial charge in [0.25, 0.3) is 5.91 Å². The first-order valence-corrected chi connectivity index (χ1v) is 12.3. The minimum absolute atomic E-state index is 0.0587. The van der Waals surface area contributed by atoms with Crippen LogP contribution in [0, 0.1) is 5.82 Å². The third kappa shape index (κ3) is 6.18. The highest BCUT2D eigenvalue weighted by Crippen LogP contribution is 2.35. The van der Waals surface area contributed by atoms with E-state index in [1.54, 1.807) is 80.7 Å². The van der Waals surface area contributed by atoms with Gasteiger partial charge in [-0.1, -0.05) is 24.3 Å². The highest BCUT2D eigenvalue weighted by atomic mass is 32.2. The Balaban J connectivity index is 1.49. The summed E-state index contributed by atoms with van der Waals surface area (Å²) in [6.45, 7) is 2.11. The number of rotatable bonds is 8. The molecule has 3 aromatic carbocycles. The van der Waals surface area contributed by atoms with E-state index in [1.807, 2.05) is 0 Å². The van der Waals surface area contributed by atoms with Crippen molar-refractivity contribution in [3.63, 3.8) is 0 Å². The maximum atomic E-state index is 13.9. The molecular weight excluding hydrogens is 495 g/mol. The second-order valence-corrected chi connectivity index (χ2v) is 8.94. The molecule has 0 aromatic heterocycles. The van der Waals surface area contributed by atoms with Crippen LogP contribution in [0.5, 0.6) is 11.5 Å². The standard InChI is InChI=1S/C28H25FN2O5S/c1-4-35-27(33)19-10-12-21(13-11-19)30-28-31(2)26(32)25(37-28)16-18-9-14-23(24(15-18)34-3)36-17-20-7-5-6-8-22(20)29/h5-16H,4,17H2,1-3H3. The van der Waals surface area contributed by atoms with Crippen LogP contribution < -0.4 is 9.47 Å². The lowest BCUT2D eigenvalue weighted by Gasteiger charge is -2.12. The molecule has 0 N–H and O–H groups in total. The van der Waals surface area contributed by atoms with E-state index in [0.29, 0.717) is 45.0 Å². The topological polar surface area (TPSA) is 77.4 Å². The molecule has 0 saturated carbocycles. The van der Waals surface area contributed by atoms with E-state index in [-0.39, 0.29) is 18.3 Å². The Morgan fingerprint density at radius 3 is 2.54 bits per heavy atom. The molecule has 37 heavy (non-hydrogen) atoms. The van der Waals surface area contributed by atoms with Gasteiger partial charge in [0.1, 0.15) is 12.4 Å². The van der Waals surface area contributed by atoms with Gasteiger partial charge in [0, 0.05) is 12.6 Å². The summed E-state index contributed by atoms with van der Waals surface area (Å²) in [6, 6.07) is 18.4. The number of amidine groups is 1. The molecule has 1 saturated heterocycles. The molecule has 4 rings (SSSR count). The fourth-order valence-electron chi connectivity index (χ4n) is 3.46. The molecule has 0 atom stereocenters. The zero-order valence-electron chi connectivity index (χ0n) is 20.6. The number of hydrogen-bond acceptors (Lipinski definition) is 7. The quantitative estimate of drug-likeness (QED) is 0.275. The van der Waals surface area contributed by atoms with E-state index in [9.17, 15) is 14.0 Å². The van der Waals surface area contributed by atoms with Crippen LogP contribution in [0.2, 0.25) is 0 Å². The van der Waals surface area contributed by atoms with Gasteiger partial charge in [-0.15, -0.1) is 0 Å². The number of carbonyl (C=O) groups is 2. The molecule has 7 nitrogen and oxygen atoms in total. The minimum atomic E-state index is -0.395. The number of amides is 1. The SMILES string of the molecule is CCOC(=O)c1ccc(N=C2SC(=Cc3ccc(OCc4ccccc4F)c(OC)c3)C(=O)N2C)cc1. The van der Waals surface area contributed by atoms with Gasteiger partial charge in [-0.2, -0.15) is 0 Å². The van der Waals surface area contributed by atoms with Crippen LogP contribution in [0.15, 0.2) is 76.6 Å². The number of methoxy groups -OCH3 is 1. The molecule has 0 aliphatic carbocycles. The van der Waals surface area contributed by atoms with E-state index in [2.05, 4.69) is 4.99 Å². The summed E-state index contributed by atoms with van der Waals surface area (Å²) in [6.07, 6.45) is 1.75. The van der Waals surface area contributed by atoms with Crippen molar-refractivity contribution in [2.24, 2.45) is 4.99 Å². The monoisotopic (exact) mass is 520 g/mol. The fraction of sp³-hybridized carbons (Fsp3) is 0.179. The largest absolute Gasteiger partial charge is 0.493 e. The molecule has 1 aliphatic rings. The lowest BCUT2D eigenvalue weighted by molar-refractivity contribution is -0.121. The molecular formula is C28H25FN2O5S. The Morgan fingerprint density at radius 1 is 1.08 bits per heavy atom. The van der Waals surface area contributed by atoms with Crippen LogP contribution >= 0.6 is 11.8 Å². The maximum absolute atomic E-state index is 13.9. The first-order valence-electron chi connectivity index (χ1n) is 11.5. The molecule has 9 heteroatoms. The number of thioether (sulfide) groups is 1. The Morgan fingerprint density at radius 2 is 1.84 bits per heavy atom. The first kappa shape index (κ1) is 26.0. The number of esters is 1. The highest BCUT2D eigenvalue weighted by Gasteiger charge is 2.30. The van der Waals surface area contributed by atoms with Crippen LogP contribution in [-0.4, -0.2) is 42.7 Å². The third-order valence-electron chi connectivity index (χ3n) is 5.43. The first-order chi connectivity index (χ1) is 17.9. The van der Waals surface area contributed by atoms with Crippen molar-refractivity contribution in [2.45, 2.75) is 13.5 Å². The predicted octanol–water partition coefficient (Wildman–Crippen LogP) is 5.82. The van der Waals surface area contributed by atoms with Crippen LogP contribution in [0.3, 0.4) is 0 Å². The second kappa shape index (κ2) is 11.7. The summed E-state index contributed by atoms with van der Waals surface area (Å²) >= 11 is 1.24. The van der Waals surface area contributed by atoms with Crippen LogP contribution in [0.25, 0.3) is 6.08 Å². The molecule has 0 bridgehead atoms. The van der Waals surface area contributed by atoms with E-state index < -0.39 is 5.97 Å².